The maximum absolute atomic E-state index is 13.1. The summed E-state index contributed by atoms with van der Waals surface area (Å²) in [5.74, 6) is 1.70. The molecule has 2 bridgehead atoms. The van der Waals surface area contributed by atoms with Crippen LogP contribution in [0.25, 0.3) is 0 Å². The number of likely N-dealkylation sites (tertiary alicyclic amines) is 1. The first-order chi connectivity index (χ1) is 10.5. The third kappa shape index (κ3) is 1.71. The van der Waals surface area contributed by atoms with Gasteiger partial charge in [-0.1, -0.05) is 17.7 Å². The number of fused-ring (bicyclic) bond motifs is 3. The van der Waals surface area contributed by atoms with Crippen molar-refractivity contribution in [1.82, 2.24) is 4.90 Å². The highest BCUT2D eigenvalue weighted by Gasteiger charge is 2.53. The van der Waals surface area contributed by atoms with Gasteiger partial charge in [-0.25, -0.2) is 0 Å². The standard InChI is InChI=1S/C19H23NO2/c1-12-8-15-6-4-13-10-19(15,18(21)20(12)2)11-14-5-7-16(22-3)9-17(13)14/h5-7,9,12-13H,4,8,10-11H2,1-3H3/t12-,13-,19-/m0/s1. The lowest BCUT2D eigenvalue weighted by molar-refractivity contribution is -0.144. The molecule has 3 aliphatic rings. The van der Waals surface area contributed by atoms with Crippen LogP contribution in [-0.2, 0) is 11.2 Å². The SMILES string of the molecule is COc1ccc2c(c1)[C@H]1CC=C3C[C@H](C)N(C)C(=O)[C@]3(C2)C1. The van der Waals surface area contributed by atoms with Crippen LogP contribution in [-0.4, -0.2) is 31.0 Å². The number of hydrogen-bond donors (Lipinski definition) is 0. The summed E-state index contributed by atoms with van der Waals surface area (Å²) in [6.07, 6.45) is 6.26. The summed E-state index contributed by atoms with van der Waals surface area (Å²) in [6, 6.07) is 6.68. The van der Waals surface area contributed by atoms with E-state index in [0.29, 0.717) is 17.9 Å². The van der Waals surface area contributed by atoms with Gasteiger partial charge in [-0.15, -0.1) is 0 Å². The number of piperidine rings is 1. The maximum Gasteiger partial charge on any atom is 0.233 e. The summed E-state index contributed by atoms with van der Waals surface area (Å²) in [5, 5.41) is 0. The van der Waals surface area contributed by atoms with Gasteiger partial charge >= 0.3 is 0 Å². The van der Waals surface area contributed by atoms with E-state index in [-0.39, 0.29) is 5.41 Å². The Bertz CT molecular complexity index is 678. The third-order valence-electron chi connectivity index (χ3n) is 6.05. The van der Waals surface area contributed by atoms with E-state index in [1.165, 1.54) is 16.7 Å². The maximum atomic E-state index is 13.1. The van der Waals surface area contributed by atoms with Crippen LogP contribution in [0.2, 0.25) is 0 Å². The van der Waals surface area contributed by atoms with Crippen molar-refractivity contribution in [3.05, 3.63) is 41.0 Å². The number of methoxy groups -OCH3 is 1. The lowest BCUT2D eigenvalue weighted by atomic mass is 9.56. The van der Waals surface area contributed by atoms with E-state index < -0.39 is 0 Å². The predicted octanol–water partition coefficient (Wildman–Crippen LogP) is 3.29. The van der Waals surface area contributed by atoms with Gasteiger partial charge in [-0.2, -0.15) is 0 Å². The van der Waals surface area contributed by atoms with Gasteiger partial charge in [0.05, 0.1) is 12.5 Å². The molecule has 1 amide bonds. The van der Waals surface area contributed by atoms with Gasteiger partial charge in [0.15, 0.2) is 0 Å². The highest BCUT2D eigenvalue weighted by atomic mass is 16.5. The summed E-state index contributed by atoms with van der Waals surface area (Å²) in [7, 11) is 3.68. The summed E-state index contributed by atoms with van der Waals surface area (Å²) in [5.41, 5.74) is 3.83. The Hall–Kier alpha value is -1.77. The largest absolute Gasteiger partial charge is 0.497 e. The number of ether oxygens (including phenoxy) is 1. The molecule has 0 unspecified atom stereocenters. The van der Waals surface area contributed by atoms with Crippen LogP contribution in [0.5, 0.6) is 5.75 Å². The minimum absolute atomic E-state index is 0.272. The fourth-order valence-corrected chi connectivity index (χ4v) is 4.68. The van der Waals surface area contributed by atoms with Crippen LogP contribution in [0.1, 0.15) is 43.2 Å². The number of benzene rings is 1. The molecule has 2 aliphatic carbocycles. The molecule has 1 aromatic rings. The average Bonchev–Trinajstić information content (AvgIpc) is 2.54. The smallest absolute Gasteiger partial charge is 0.233 e. The van der Waals surface area contributed by atoms with E-state index in [9.17, 15) is 4.79 Å². The lowest BCUT2D eigenvalue weighted by Crippen LogP contribution is -2.55. The van der Waals surface area contributed by atoms with Crippen LogP contribution in [0.3, 0.4) is 0 Å². The van der Waals surface area contributed by atoms with Crippen molar-refractivity contribution in [2.75, 3.05) is 14.2 Å². The van der Waals surface area contributed by atoms with Crippen LogP contribution < -0.4 is 4.74 Å². The Morgan fingerprint density at radius 3 is 2.95 bits per heavy atom. The summed E-state index contributed by atoms with van der Waals surface area (Å²) >= 11 is 0. The highest BCUT2D eigenvalue weighted by molar-refractivity contribution is 5.88. The Morgan fingerprint density at radius 2 is 2.18 bits per heavy atom. The number of rotatable bonds is 1. The molecule has 1 saturated heterocycles. The Morgan fingerprint density at radius 1 is 1.36 bits per heavy atom. The van der Waals surface area contributed by atoms with E-state index in [1.54, 1.807) is 7.11 Å². The molecule has 22 heavy (non-hydrogen) atoms. The van der Waals surface area contributed by atoms with Gasteiger partial charge in [0.2, 0.25) is 5.91 Å². The average molecular weight is 297 g/mol. The van der Waals surface area contributed by atoms with Crippen molar-refractivity contribution in [2.45, 2.75) is 44.6 Å². The Balaban J connectivity index is 1.82. The molecule has 1 heterocycles. The van der Waals surface area contributed by atoms with Crippen molar-refractivity contribution >= 4 is 5.91 Å². The van der Waals surface area contributed by atoms with Gasteiger partial charge in [-0.3, -0.25) is 4.79 Å². The molecule has 1 aromatic carbocycles. The number of hydrogen-bond acceptors (Lipinski definition) is 2. The Labute approximate surface area is 132 Å². The van der Waals surface area contributed by atoms with Gasteiger partial charge < -0.3 is 9.64 Å². The number of amides is 1. The molecule has 0 N–H and O–H groups in total. The fourth-order valence-electron chi connectivity index (χ4n) is 4.68. The summed E-state index contributed by atoms with van der Waals surface area (Å²) < 4.78 is 5.38. The van der Waals surface area contributed by atoms with Gasteiger partial charge in [-0.05, 0) is 61.8 Å². The minimum atomic E-state index is -0.272. The van der Waals surface area contributed by atoms with Crippen LogP contribution in [0, 0.1) is 5.41 Å². The zero-order chi connectivity index (χ0) is 15.5. The first-order valence-corrected chi connectivity index (χ1v) is 8.19. The van der Waals surface area contributed by atoms with Crippen molar-refractivity contribution in [3.8, 4) is 5.75 Å². The minimum Gasteiger partial charge on any atom is -0.497 e. The van der Waals surface area contributed by atoms with Crippen molar-refractivity contribution in [1.29, 1.82) is 0 Å². The zero-order valence-electron chi connectivity index (χ0n) is 13.6. The number of allylic oxidation sites excluding steroid dienone is 1. The molecule has 0 radical (unpaired) electrons. The molecular weight excluding hydrogens is 274 g/mol. The lowest BCUT2D eigenvalue weighted by Gasteiger charge is -2.52. The second-order valence-electron chi connectivity index (χ2n) is 7.16. The van der Waals surface area contributed by atoms with Crippen LogP contribution in [0.4, 0.5) is 0 Å². The summed E-state index contributed by atoms with van der Waals surface area (Å²) in [4.78, 5) is 15.1. The molecule has 1 spiro atoms. The molecule has 116 valence electrons. The van der Waals surface area contributed by atoms with Crippen molar-refractivity contribution in [2.24, 2.45) is 5.41 Å². The molecular formula is C19H23NO2. The molecule has 1 fully saturated rings. The monoisotopic (exact) mass is 297 g/mol. The topological polar surface area (TPSA) is 29.5 Å². The highest BCUT2D eigenvalue weighted by Crippen LogP contribution is 2.55. The molecule has 4 rings (SSSR count). The number of carbonyl (C=O) groups is 1. The zero-order valence-corrected chi connectivity index (χ0v) is 13.6. The second-order valence-corrected chi connectivity index (χ2v) is 7.16. The van der Waals surface area contributed by atoms with Crippen LogP contribution in [0.15, 0.2) is 29.8 Å². The third-order valence-corrected chi connectivity index (χ3v) is 6.05. The van der Waals surface area contributed by atoms with Crippen molar-refractivity contribution in [3.63, 3.8) is 0 Å². The molecule has 3 heteroatoms. The summed E-state index contributed by atoms with van der Waals surface area (Å²) in [6.45, 7) is 2.15. The Kier molecular flexibility index (Phi) is 2.91. The second kappa shape index (κ2) is 4.61. The van der Waals surface area contributed by atoms with Crippen LogP contribution >= 0.6 is 0 Å². The molecule has 1 aliphatic heterocycles. The quantitative estimate of drug-likeness (QED) is 0.744. The van der Waals surface area contributed by atoms with E-state index in [4.69, 9.17) is 4.74 Å². The fraction of sp³-hybridized carbons (Fsp3) is 0.526. The van der Waals surface area contributed by atoms with Gasteiger partial charge in [0, 0.05) is 13.1 Å². The number of nitrogens with zero attached hydrogens (tertiary/aromatic N) is 1. The van der Waals surface area contributed by atoms with E-state index in [2.05, 4.69) is 25.1 Å². The van der Waals surface area contributed by atoms with E-state index in [0.717, 1.165) is 31.4 Å². The number of carbonyl (C=O) groups excluding carboxylic acids is 1. The molecule has 0 aromatic heterocycles. The van der Waals surface area contributed by atoms with Crippen molar-refractivity contribution < 1.29 is 9.53 Å². The normalized spacial score (nSPS) is 33.0. The first-order valence-electron chi connectivity index (χ1n) is 8.19. The van der Waals surface area contributed by atoms with Gasteiger partial charge in [0.25, 0.3) is 0 Å². The van der Waals surface area contributed by atoms with Gasteiger partial charge in [0.1, 0.15) is 5.75 Å². The molecule has 3 nitrogen and oxygen atoms in total. The molecule has 3 atom stereocenters. The van der Waals surface area contributed by atoms with E-state index >= 15 is 0 Å². The first kappa shape index (κ1) is 13.9. The molecule has 0 saturated carbocycles. The predicted molar refractivity (Wildman–Crippen MR) is 86.0 cm³/mol. The van der Waals surface area contributed by atoms with E-state index in [1.807, 2.05) is 18.0 Å².